The molecule has 0 bridgehead atoms. The van der Waals surface area contributed by atoms with E-state index in [1.165, 1.54) is 18.4 Å². The molecule has 0 radical (unpaired) electrons. The van der Waals surface area contributed by atoms with E-state index in [0.717, 1.165) is 17.6 Å². The fraction of sp³-hybridized carbons (Fsp3) is 0.455. The Morgan fingerprint density at radius 2 is 2.00 bits per heavy atom. The number of nitrogens with two attached hydrogens (primary N) is 1. The number of rotatable bonds is 1. The van der Waals surface area contributed by atoms with E-state index in [1.54, 1.807) is 0 Å². The van der Waals surface area contributed by atoms with E-state index in [1.807, 2.05) is 5.01 Å². The third-order valence-electron chi connectivity index (χ3n) is 2.79. The van der Waals surface area contributed by atoms with Crippen molar-refractivity contribution in [2.45, 2.75) is 18.8 Å². The molecular weight excluding hydrogens is 240 g/mol. The lowest BCUT2D eigenvalue weighted by molar-refractivity contribution is 0.213. The molecule has 0 spiro atoms. The van der Waals surface area contributed by atoms with Gasteiger partial charge in [-0.25, -0.2) is 5.01 Å². The van der Waals surface area contributed by atoms with Crippen LogP contribution in [0.4, 0.5) is 0 Å². The van der Waals surface area contributed by atoms with Gasteiger partial charge >= 0.3 is 0 Å². The third-order valence-corrected chi connectivity index (χ3v) is 3.32. The van der Waals surface area contributed by atoms with Crippen molar-refractivity contribution in [2.24, 2.45) is 5.84 Å². The summed E-state index contributed by atoms with van der Waals surface area (Å²) in [5.74, 6) is 6.43. The maximum absolute atomic E-state index is 5.82. The van der Waals surface area contributed by atoms with Gasteiger partial charge in [-0.3, -0.25) is 5.84 Å². The van der Waals surface area contributed by atoms with Gasteiger partial charge in [0.1, 0.15) is 0 Å². The highest BCUT2D eigenvalue weighted by Gasteiger charge is 2.18. The van der Waals surface area contributed by atoms with Gasteiger partial charge in [0.25, 0.3) is 0 Å². The van der Waals surface area contributed by atoms with E-state index in [9.17, 15) is 0 Å². The molecule has 1 aromatic carbocycles. The number of nitrogens with zero attached hydrogens (tertiary/aromatic N) is 1. The molecular formula is C11H15BrN2. The predicted octanol–water partition coefficient (Wildman–Crippen LogP) is 2.50. The van der Waals surface area contributed by atoms with Crippen LogP contribution in [0.15, 0.2) is 28.7 Å². The summed E-state index contributed by atoms with van der Waals surface area (Å²) in [6.07, 6.45) is 2.46. The van der Waals surface area contributed by atoms with Gasteiger partial charge in [0.2, 0.25) is 0 Å². The van der Waals surface area contributed by atoms with Gasteiger partial charge in [-0.1, -0.05) is 28.1 Å². The minimum atomic E-state index is 0.613. The Bertz CT molecular complexity index is 297. The van der Waals surface area contributed by atoms with Gasteiger partial charge in [-0.15, -0.1) is 0 Å². The molecule has 1 saturated heterocycles. The molecule has 2 rings (SSSR count). The minimum Gasteiger partial charge on any atom is -0.269 e. The summed E-state index contributed by atoms with van der Waals surface area (Å²) in [4.78, 5) is 0. The van der Waals surface area contributed by atoms with Gasteiger partial charge in [0, 0.05) is 17.6 Å². The van der Waals surface area contributed by atoms with E-state index in [2.05, 4.69) is 40.2 Å². The van der Waals surface area contributed by atoms with Gasteiger partial charge in [0.15, 0.2) is 0 Å². The van der Waals surface area contributed by atoms with E-state index < -0.39 is 0 Å². The highest BCUT2D eigenvalue weighted by Crippen LogP contribution is 2.26. The third kappa shape index (κ3) is 2.35. The van der Waals surface area contributed by atoms with Crippen molar-refractivity contribution < 1.29 is 0 Å². The molecule has 0 aromatic heterocycles. The Hall–Kier alpha value is -0.380. The smallest absolute Gasteiger partial charge is 0.0197 e. The summed E-state index contributed by atoms with van der Waals surface area (Å²) in [6.45, 7) is 2.02. The van der Waals surface area contributed by atoms with Crippen LogP contribution >= 0.6 is 15.9 Å². The lowest BCUT2D eigenvalue weighted by Crippen LogP contribution is -2.39. The number of benzene rings is 1. The largest absolute Gasteiger partial charge is 0.269 e. The van der Waals surface area contributed by atoms with Crippen molar-refractivity contribution in [3.63, 3.8) is 0 Å². The summed E-state index contributed by atoms with van der Waals surface area (Å²) >= 11 is 3.45. The lowest BCUT2D eigenvalue weighted by atomic mass is 9.91. The Morgan fingerprint density at radius 3 is 2.64 bits per heavy atom. The molecule has 1 unspecified atom stereocenters. The van der Waals surface area contributed by atoms with Crippen molar-refractivity contribution in [3.8, 4) is 0 Å². The Kier molecular flexibility index (Phi) is 3.21. The topological polar surface area (TPSA) is 29.3 Å². The second-order valence-corrected chi connectivity index (χ2v) is 4.80. The first-order chi connectivity index (χ1) is 6.75. The summed E-state index contributed by atoms with van der Waals surface area (Å²) in [6, 6.07) is 8.58. The second kappa shape index (κ2) is 4.43. The van der Waals surface area contributed by atoms with E-state index >= 15 is 0 Å². The quantitative estimate of drug-likeness (QED) is 0.781. The van der Waals surface area contributed by atoms with Crippen LogP contribution in [-0.2, 0) is 0 Å². The normalized spacial score (nSPS) is 23.7. The molecule has 1 aliphatic rings. The minimum absolute atomic E-state index is 0.613. The maximum Gasteiger partial charge on any atom is 0.0197 e. The summed E-state index contributed by atoms with van der Waals surface area (Å²) in [5, 5.41) is 1.93. The first-order valence-corrected chi connectivity index (χ1v) is 5.80. The molecule has 1 fully saturated rings. The zero-order valence-electron chi connectivity index (χ0n) is 8.12. The molecule has 1 atom stereocenters. The molecule has 0 saturated carbocycles. The number of hydrogen-bond donors (Lipinski definition) is 1. The van der Waals surface area contributed by atoms with Crippen LogP contribution in [-0.4, -0.2) is 18.1 Å². The zero-order valence-corrected chi connectivity index (χ0v) is 9.70. The van der Waals surface area contributed by atoms with Crippen LogP contribution in [0.2, 0.25) is 0 Å². The summed E-state index contributed by atoms with van der Waals surface area (Å²) in [5.41, 5.74) is 1.41. The van der Waals surface area contributed by atoms with Crippen LogP contribution in [0.1, 0.15) is 24.3 Å². The molecule has 1 aromatic rings. The van der Waals surface area contributed by atoms with E-state index in [-0.39, 0.29) is 0 Å². The first-order valence-electron chi connectivity index (χ1n) is 5.01. The zero-order chi connectivity index (χ0) is 9.97. The number of halogens is 1. The predicted molar refractivity (Wildman–Crippen MR) is 61.9 cm³/mol. The molecule has 0 aliphatic carbocycles. The Labute approximate surface area is 93.2 Å². The number of hydrogen-bond acceptors (Lipinski definition) is 2. The van der Waals surface area contributed by atoms with Gasteiger partial charge in [-0.05, 0) is 36.5 Å². The van der Waals surface area contributed by atoms with Crippen LogP contribution in [0.25, 0.3) is 0 Å². The highest BCUT2D eigenvalue weighted by molar-refractivity contribution is 9.10. The summed E-state index contributed by atoms with van der Waals surface area (Å²) < 4.78 is 1.14. The van der Waals surface area contributed by atoms with Crippen LogP contribution in [0, 0.1) is 0 Å². The number of hydrazine groups is 1. The molecule has 1 aliphatic heterocycles. The number of piperidine rings is 1. The first kappa shape index (κ1) is 10.1. The van der Waals surface area contributed by atoms with Gasteiger partial charge in [0.05, 0.1) is 0 Å². The van der Waals surface area contributed by atoms with Crippen molar-refractivity contribution >= 4 is 15.9 Å². The lowest BCUT2D eigenvalue weighted by Gasteiger charge is -2.29. The monoisotopic (exact) mass is 254 g/mol. The molecule has 0 amide bonds. The van der Waals surface area contributed by atoms with E-state index in [0.29, 0.717) is 5.92 Å². The molecule has 76 valence electrons. The standard InChI is InChI=1S/C11H15BrN2/c12-11-5-3-9(4-6-11)10-2-1-7-14(13)8-10/h3-6,10H,1-2,7-8,13H2. The molecule has 3 heteroatoms. The average molecular weight is 255 g/mol. The fourth-order valence-electron chi connectivity index (χ4n) is 2.01. The molecule has 1 heterocycles. The summed E-state index contributed by atoms with van der Waals surface area (Å²) in [7, 11) is 0. The van der Waals surface area contributed by atoms with Crippen LogP contribution < -0.4 is 5.84 Å². The SMILES string of the molecule is NN1CCCC(c2ccc(Br)cc2)C1. The van der Waals surface area contributed by atoms with Crippen LogP contribution in [0.5, 0.6) is 0 Å². The Morgan fingerprint density at radius 1 is 1.29 bits per heavy atom. The Balaban J connectivity index is 2.10. The van der Waals surface area contributed by atoms with Gasteiger partial charge in [-0.2, -0.15) is 0 Å². The fourth-order valence-corrected chi connectivity index (χ4v) is 2.28. The van der Waals surface area contributed by atoms with E-state index in [4.69, 9.17) is 5.84 Å². The average Bonchev–Trinajstić information content (AvgIpc) is 2.19. The molecule has 14 heavy (non-hydrogen) atoms. The second-order valence-electron chi connectivity index (χ2n) is 3.89. The van der Waals surface area contributed by atoms with Crippen molar-refractivity contribution in [3.05, 3.63) is 34.3 Å². The molecule has 2 N–H and O–H groups in total. The van der Waals surface area contributed by atoms with Crippen molar-refractivity contribution in [2.75, 3.05) is 13.1 Å². The van der Waals surface area contributed by atoms with Crippen molar-refractivity contribution in [1.82, 2.24) is 5.01 Å². The van der Waals surface area contributed by atoms with Gasteiger partial charge < -0.3 is 0 Å². The van der Waals surface area contributed by atoms with Crippen molar-refractivity contribution in [1.29, 1.82) is 0 Å². The molecule has 2 nitrogen and oxygen atoms in total. The van der Waals surface area contributed by atoms with Crippen LogP contribution in [0.3, 0.4) is 0 Å². The highest BCUT2D eigenvalue weighted by atomic mass is 79.9. The maximum atomic E-state index is 5.82.